The number of hydrogen-bond acceptors (Lipinski definition) is 5. The molecule has 8 nitrogen and oxygen atoms in total. The molecular formula is C26H31N5O3. The predicted molar refractivity (Wildman–Crippen MR) is 132 cm³/mol. The lowest BCUT2D eigenvalue weighted by atomic mass is 9.95. The van der Waals surface area contributed by atoms with Gasteiger partial charge in [0, 0.05) is 35.5 Å². The van der Waals surface area contributed by atoms with Crippen molar-refractivity contribution < 1.29 is 14.7 Å². The van der Waals surface area contributed by atoms with Crippen molar-refractivity contribution in [2.24, 2.45) is 5.92 Å². The molecular weight excluding hydrogens is 430 g/mol. The number of rotatable bonds is 6. The highest BCUT2D eigenvalue weighted by molar-refractivity contribution is 6.04. The van der Waals surface area contributed by atoms with Crippen molar-refractivity contribution in [2.75, 3.05) is 16.8 Å². The van der Waals surface area contributed by atoms with E-state index >= 15 is 0 Å². The Morgan fingerprint density at radius 1 is 1.29 bits per heavy atom. The summed E-state index contributed by atoms with van der Waals surface area (Å²) in [4.78, 5) is 32.5. The zero-order valence-corrected chi connectivity index (χ0v) is 20.1. The predicted octanol–water partition coefficient (Wildman–Crippen LogP) is 4.11. The number of aryl methyl sites for hydroxylation is 2. The molecule has 1 aromatic carbocycles. The lowest BCUT2D eigenvalue weighted by molar-refractivity contribution is -0.124. The van der Waals surface area contributed by atoms with Gasteiger partial charge < -0.3 is 10.4 Å². The third kappa shape index (κ3) is 4.46. The van der Waals surface area contributed by atoms with E-state index in [2.05, 4.69) is 21.6 Å². The normalized spacial score (nSPS) is 16.2. The van der Waals surface area contributed by atoms with Gasteiger partial charge >= 0.3 is 0 Å². The highest BCUT2D eigenvalue weighted by atomic mass is 16.3. The number of carbonyl (C=O) groups excluding carboxylic acids is 2. The van der Waals surface area contributed by atoms with E-state index in [4.69, 9.17) is 4.98 Å². The van der Waals surface area contributed by atoms with E-state index in [1.165, 1.54) is 0 Å². The molecule has 0 aliphatic carbocycles. The number of benzene rings is 1. The molecule has 0 fully saturated rings. The molecule has 2 amide bonds. The quantitative estimate of drug-likeness (QED) is 0.512. The number of aliphatic hydroxyl groups excluding tert-OH is 1. The summed E-state index contributed by atoms with van der Waals surface area (Å²) in [5.74, 6) is 0.714. The number of pyridine rings is 1. The molecule has 1 aliphatic rings. The lowest BCUT2D eigenvalue weighted by Crippen LogP contribution is -2.52. The van der Waals surface area contributed by atoms with Gasteiger partial charge in [0.15, 0.2) is 5.82 Å². The van der Waals surface area contributed by atoms with Gasteiger partial charge in [0.05, 0.1) is 12.1 Å². The smallest absolute Gasteiger partial charge is 0.256 e. The van der Waals surface area contributed by atoms with Crippen LogP contribution < -0.4 is 10.2 Å². The second kappa shape index (κ2) is 9.38. The van der Waals surface area contributed by atoms with Crippen LogP contribution in [0.2, 0.25) is 0 Å². The van der Waals surface area contributed by atoms with Gasteiger partial charge in [0.2, 0.25) is 5.91 Å². The Morgan fingerprint density at radius 2 is 2.09 bits per heavy atom. The molecule has 3 N–H and O–H groups in total. The average molecular weight is 462 g/mol. The summed E-state index contributed by atoms with van der Waals surface area (Å²) < 4.78 is 0. The van der Waals surface area contributed by atoms with Gasteiger partial charge in [-0.25, -0.2) is 4.98 Å². The zero-order valence-electron chi connectivity index (χ0n) is 20.1. The fourth-order valence-electron chi connectivity index (χ4n) is 4.40. The maximum absolute atomic E-state index is 13.3. The monoisotopic (exact) mass is 461 g/mol. The summed E-state index contributed by atoms with van der Waals surface area (Å²) in [5, 5.41) is 19.4. The number of amides is 2. The van der Waals surface area contributed by atoms with E-state index in [1.54, 1.807) is 29.4 Å². The minimum atomic E-state index is -0.766. The van der Waals surface area contributed by atoms with Crippen molar-refractivity contribution in [2.45, 2.75) is 52.5 Å². The number of anilines is 2. The standard InChI is InChI=1S/C26H31N5O3/c1-5-17-8-9-18-12-20(14-27-23(18)31(25(17)34)26(3,4)15-32)21-13-19(7-6-16(21)2)24(33)29-22-10-11-28-30-22/h6-7,10-14,17,32H,5,8-9,15H2,1-4H3,(H2,28,29,30,33). The number of aliphatic hydroxyl groups is 1. The summed E-state index contributed by atoms with van der Waals surface area (Å²) in [6, 6.07) is 9.30. The first-order valence-corrected chi connectivity index (χ1v) is 11.6. The number of nitrogens with one attached hydrogen (secondary N) is 2. The van der Waals surface area contributed by atoms with E-state index in [9.17, 15) is 14.7 Å². The molecule has 0 saturated heterocycles. The molecule has 0 saturated carbocycles. The molecule has 0 bridgehead atoms. The van der Waals surface area contributed by atoms with E-state index in [0.717, 1.165) is 41.5 Å². The van der Waals surface area contributed by atoms with Crippen molar-refractivity contribution in [3.8, 4) is 11.1 Å². The summed E-state index contributed by atoms with van der Waals surface area (Å²) in [6.07, 6.45) is 5.58. The van der Waals surface area contributed by atoms with Crippen LogP contribution in [-0.2, 0) is 11.2 Å². The van der Waals surface area contributed by atoms with Gasteiger partial charge in [-0.1, -0.05) is 13.0 Å². The van der Waals surface area contributed by atoms with Gasteiger partial charge in [-0.3, -0.25) is 19.6 Å². The molecule has 2 aromatic heterocycles. The summed E-state index contributed by atoms with van der Waals surface area (Å²) in [7, 11) is 0. The third-order valence-electron chi connectivity index (χ3n) is 6.52. The largest absolute Gasteiger partial charge is 0.394 e. The SMILES string of the molecule is CCC1CCc2cc(-c3cc(C(=O)Nc4cc[nH]n4)ccc3C)cnc2N(C(C)(C)CO)C1=O. The van der Waals surface area contributed by atoms with Crippen LogP contribution >= 0.6 is 0 Å². The van der Waals surface area contributed by atoms with E-state index < -0.39 is 5.54 Å². The van der Waals surface area contributed by atoms with Gasteiger partial charge in [-0.05, 0) is 74.9 Å². The van der Waals surface area contributed by atoms with Crippen molar-refractivity contribution in [3.63, 3.8) is 0 Å². The maximum Gasteiger partial charge on any atom is 0.256 e. The molecule has 178 valence electrons. The first-order valence-electron chi connectivity index (χ1n) is 11.6. The Labute approximate surface area is 199 Å². The highest BCUT2D eigenvalue weighted by Gasteiger charge is 2.39. The Kier molecular flexibility index (Phi) is 6.52. The van der Waals surface area contributed by atoms with E-state index in [0.29, 0.717) is 17.2 Å². The van der Waals surface area contributed by atoms with Crippen LogP contribution in [0.15, 0.2) is 42.7 Å². The summed E-state index contributed by atoms with van der Waals surface area (Å²) in [5.41, 5.74) is 3.52. The van der Waals surface area contributed by atoms with Crippen molar-refractivity contribution in [1.82, 2.24) is 15.2 Å². The maximum atomic E-state index is 13.3. The molecule has 0 radical (unpaired) electrons. The Bertz CT molecular complexity index is 1200. The molecule has 1 aliphatic heterocycles. The van der Waals surface area contributed by atoms with E-state index in [-0.39, 0.29) is 24.3 Å². The van der Waals surface area contributed by atoms with Crippen LogP contribution in [0, 0.1) is 12.8 Å². The van der Waals surface area contributed by atoms with Crippen LogP contribution in [0.4, 0.5) is 11.6 Å². The minimum absolute atomic E-state index is 0.00812. The summed E-state index contributed by atoms with van der Waals surface area (Å²) >= 11 is 0. The van der Waals surface area contributed by atoms with Gasteiger partial charge in [-0.2, -0.15) is 5.10 Å². The number of carbonyl (C=O) groups is 2. The Morgan fingerprint density at radius 3 is 2.76 bits per heavy atom. The molecule has 1 unspecified atom stereocenters. The minimum Gasteiger partial charge on any atom is -0.394 e. The summed E-state index contributed by atoms with van der Waals surface area (Å²) in [6.45, 7) is 7.56. The number of nitrogens with zero attached hydrogens (tertiary/aromatic N) is 3. The number of aromatic amines is 1. The van der Waals surface area contributed by atoms with Gasteiger partial charge in [0.25, 0.3) is 5.91 Å². The number of hydrogen-bond donors (Lipinski definition) is 3. The second-order valence-corrected chi connectivity index (χ2v) is 9.44. The number of fused-ring (bicyclic) bond motifs is 1. The molecule has 1 atom stereocenters. The molecule has 3 heterocycles. The highest BCUT2D eigenvalue weighted by Crippen LogP contribution is 2.36. The zero-order chi connectivity index (χ0) is 24.5. The van der Waals surface area contributed by atoms with Crippen LogP contribution in [-0.4, -0.2) is 44.2 Å². The first-order chi connectivity index (χ1) is 16.2. The van der Waals surface area contributed by atoms with Crippen LogP contribution in [0.5, 0.6) is 0 Å². The van der Waals surface area contributed by atoms with E-state index in [1.807, 2.05) is 39.8 Å². The Hall–Kier alpha value is -3.52. The van der Waals surface area contributed by atoms with Crippen molar-refractivity contribution in [3.05, 3.63) is 59.4 Å². The molecule has 3 aromatic rings. The van der Waals surface area contributed by atoms with Crippen LogP contribution in [0.3, 0.4) is 0 Å². The molecule has 34 heavy (non-hydrogen) atoms. The molecule has 8 heteroatoms. The van der Waals surface area contributed by atoms with Crippen LogP contribution in [0.25, 0.3) is 11.1 Å². The van der Waals surface area contributed by atoms with Crippen LogP contribution in [0.1, 0.15) is 55.1 Å². The number of H-pyrrole nitrogens is 1. The fraction of sp³-hybridized carbons (Fsp3) is 0.385. The number of aromatic nitrogens is 3. The second-order valence-electron chi connectivity index (χ2n) is 9.44. The fourth-order valence-corrected chi connectivity index (χ4v) is 4.40. The average Bonchev–Trinajstić information content (AvgIpc) is 3.28. The molecule has 0 spiro atoms. The van der Waals surface area contributed by atoms with Gasteiger partial charge in [0.1, 0.15) is 5.82 Å². The van der Waals surface area contributed by atoms with Gasteiger partial charge in [-0.15, -0.1) is 0 Å². The first kappa shape index (κ1) is 23.6. The lowest BCUT2D eigenvalue weighted by Gasteiger charge is -2.38. The topological polar surface area (TPSA) is 111 Å². The molecule has 4 rings (SSSR count). The Balaban J connectivity index is 1.73. The van der Waals surface area contributed by atoms with Crippen molar-refractivity contribution in [1.29, 1.82) is 0 Å². The third-order valence-corrected chi connectivity index (χ3v) is 6.52. The van der Waals surface area contributed by atoms with Crippen molar-refractivity contribution >= 4 is 23.5 Å².